The summed E-state index contributed by atoms with van der Waals surface area (Å²) in [5.41, 5.74) is 0.232. The summed E-state index contributed by atoms with van der Waals surface area (Å²) >= 11 is 0. The van der Waals surface area contributed by atoms with E-state index in [1.807, 2.05) is 0 Å². The highest BCUT2D eigenvalue weighted by Gasteiger charge is 2.20. The lowest BCUT2D eigenvalue weighted by atomic mass is 10.1. The van der Waals surface area contributed by atoms with Gasteiger partial charge in [0.2, 0.25) is 0 Å². The number of nitrogens with zero attached hydrogens (tertiary/aromatic N) is 1. The van der Waals surface area contributed by atoms with E-state index in [1.54, 1.807) is 6.92 Å². The van der Waals surface area contributed by atoms with E-state index < -0.39 is 10.9 Å². The largest absolute Gasteiger partial charge is 0.492 e. The van der Waals surface area contributed by atoms with Crippen LogP contribution in [0.15, 0.2) is 12.1 Å². The van der Waals surface area contributed by atoms with Gasteiger partial charge in [0, 0.05) is 12.5 Å². The van der Waals surface area contributed by atoms with Crippen LogP contribution in [-0.4, -0.2) is 28.9 Å². The van der Waals surface area contributed by atoms with E-state index in [0.29, 0.717) is 24.7 Å². The maximum Gasteiger partial charge on any atom is 0.303 e. The number of hydrogen-bond donors (Lipinski definition) is 1. The average molecular weight is 318 g/mol. The summed E-state index contributed by atoms with van der Waals surface area (Å²) in [6.45, 7) is 1.89. The Bertz CT molecular complexity index is 532. The second-order valence-electron chi connectivity index (χ2n) is 4.22. The average Bonchev–Trinajstić information content (AvgIpc) is 2.38. The minimum Gasteiger partial charge on any atom is -0.492 e. The van der Waals surface area contributed by atoms with Gasteiger partial charge in [-0.3, -0.25) is 19.7 Å². The van der Waals surface area contributed by atoms with Gasteiger partial charge in [-0.05, 0) is 31.4 Å². The van der Waals surface area contributed by atoms with Crippen molar-refractivity contribution in [2.24, 2.45) is 0 Å². The lowest BCUT2D eigenvalue weighted by molar-refractivity contribution is -0.385. The molecule has 0 aromatic heterocycles. The number of carbonyl (C=O) groups excluding carboxylic acids is 1. The zero-order valence-corrected chi connectivity index (χ0v) is 12.2. The molecule has 21 heavy (non-hydrogen) atoms. The molecular formula is C13H16ClNO6. The number of hydrogen-bond acceptors (Lipinski definition) is 5. The lowest BCUT2D eigenvalue weighted by Gasteiger charge is -2.11. The molecule has 1 aromatic rings. The molecular weight excluding hydrogens is 302 g/mol. The van der Waals surface area contributed by atoms with Gasteiger partial charge in [0.05, 0.1) is 11.5 Å². The molecule has 0 saturated carbocycles. The number of carboxylic acids is 1. The van der Waals surface area contributed by atoms with Crippen LogP contribution < -0.4 is 4.74 Å². The molecule has 0 radical (unpaired) electrons. The Kier molecular flexibility index (Phi) is 8.00. The van der Waals surface area contributed by atoms with Gasteiger partial charge in [-0.15, -0.1) is 12.4 Å². The lowest BCUT2D eigenvalue weighted by Crippen LogP contribution is -2.05. The molecule has 8 heteroatoms. The molecule has 1 rings (SSSR count). The second-order valence-corrected chi connectivity index (χ2v) is 4.22. The molecule has 1 N–H and O–H groups in total. The van der Waals surface area contributed by atoms with E-state index in [0.717, 1.165) is 0 Å². The third-order valence-electron chi connectivity index (χ3n) is 2.72. The minimum atomic E-state index is -0.884. The van der Waals surface area contributed by atoms with Crippen molar-refractivity contribution >= 4 is 30.3 Å². The smallest absolute Gasteiger partial charge is 0.303 e. The third-order valence-corrected chi connectivity index (χ3v) is 2.72. The van der Waals surface area contributed by atoms with E-state index in [1.165, 1.54) is 12.1 Å². The summed E-state index contributed by atoms with van der Waals surface area (Å²) in [6, 6.07) is 2.77. The van der Waals surface area contributed by atoms with Gasteiger partial charge in [0.1, 0.15) is 11.3 Å². The molecule has 0 aliphatic rings. The van der Waals surface area contributed by atoms with Gasteiger partial charge in [0.25, 0.3) is 5.69 Å². The number of rotatable bonds is 8. The van der Waals surface area contributed by atoms with E-state index >= 15 is 0 Å². The Hall–Kier alpha value is -2.15. The number of nitro groups is 1. The number of aldehydes is 1. The highest BCUT2D eigenvalue weighted by atomic mass is 35.5. The molecule has 0 aliphatic heterocycles. The van der Waals surface area contributed by atoms with Crippen molar-refractivity contribution in [2.75, 3.05) is 6.61 Å². The van der Waals surface area contributed by atoms with Gasteiger partial charge in [-0.2, -0.15) is 0 Å². The van der Waals surface area contributed by atoms with Crippen LogP contribution in [0.25, 0.3) is 0 Å². The van der Waals surface area contributed by atoms with Crippen molar-refractivity contribution in [3.63, 3.8) is 0 Å². The predicted molar refractivity (Wildman–Crippen MR) is 77.5 cm³/mol. The number of aliphatic carboxylic acids is 1. The molecule has 0 saturated heterocycles. The molecule has 116 valence electrons. The van der Waals surface area contributed by atoms with E-state index in [4.69, 9.17) is 9.84 Å². The fraction of sp³-hybridized carbons (Fsp3) is 0.385. The van der Waals surface area contributed by atoms with Gasteiger partial charge in [-0.25, -0.2) is 0 Å². The minimum absolute atomic E-state index is 0. The number of nitro benzene ring substituents is 1. The van der Waals surface area contributed by atoms with Crippen molar-refractivity contribution in [3.05, 3.63) is 33.4 Å². The third kappa shape index (κ3) is 5.39. The Balaban J connectivity index is 0.00000400. The SMILES string of the molecule is Cc1ccc([N+](=O)[O-])c(C=O)c1OCCCCC(=O)O.Cl. The molecule has 0 atom stereocenters. The van der Waals surface area contributed by atoms with Crippen LogP contribution in [0.1, 0.15) is 35.2 Å². The summed E-state index contributed by atoms with van der Waals surface area (Å²) in [7, 11) is 0. The van der Waals surface area contributed by atoms with Crippen LogP contribution in [0.3, 0.4) is 0 Å². The quantitative estimate of drug-likeness (QED) is 0.342. The van der Waals surface area contributed by atoms with Crippen LogP contribution in [0, 0.1) is 17.0 Å². The van der Waals surface area contributed by atoms with Gasteiger partial charge >= 0.3 is 5.97 Å². The normalized spacial score (nSPS) is 9.57. The molecule has 7 nitrogen and oxygen atoms in total. The van der Waals surface area contributed by atoms with Crippen molar-refractivity contribution < 1.29 is 24.4 Å². The van der Waals surface area contributed by atoms with Crippen molar-refractivity contribution in [2.45, 2.75) is 26.2 Å². The monoisotopic (exact) mass is 317 g/mol. The van der Waals surface area contributed by atoms with Gasteiger partial charge in [0.15, 0.2) is 6.29 Å². The highest BCUT2D eigenvalue weighted by Crippen LogP contribution is 2.30. The Morgan fingerprint density at radius 1 is 1.43 bits per heavy atom. The van der Waals surface area contributed by atoms with Crippen molar-refractivity contribution in [1.29, 1.82) is 0 Å². The van der Waals surface area contributed by atoms with Crippen LogP contribution in [0.4, 0.5) is 5.69 Å². The number of unbranched alkanes of at least 4 members (excludes halogenated alkanes) is 1. The Morgan fingerprint density at radius 3 is 2.62 bits per heavy atom. The van der Waals surface area contributed by atoms with Crippen molar-refractivity contribution in [3.8, 4) is 5.75 Å². The maximum absolute atomic E-state index is 11.0. The first-order valence-electron chi connectivity index (χ1n) is 6.05. The van der Waals surface area contributed by atoms with Gasteiger partial charge < -0.3 is 9.84 Å². The number of ether oxygens (including phenoxy) is 1. The summed E-state index contributed by atoms with van der Waals surface area (Å²) in [4.78, 5) is 31.5. The predicted octanol–water partition coefficient (Wildman–Crippen LogP) is 2.77. The van der Waals surface area contributed by atoms with Crippen LogP contribution in [-0.2, 0) is 4.79 Å². The van der Waals surface area contributed by atoms with Gasteiger partial charge in [-0.1, -0.05) is 0 Å². The number of carboxylic acid groups (broad SMARTS) is 1. The van der Waals surface area contributed by atoms with E-state index in [-0.39, 0.29) is 42.4 Å². The molecule has 0 bridgehead atoms. The summed E-state index contributed by atoms with van der Waals surface area (Å²) in [5.74, 6) is -0.699. The van der Waals surface area contributed by atoms with Crippen LogP contribution in [0.5, 0.6) is 5.75 Å². The molecule has 0 fully saturated rings. The van der Waals surface area contributed by atoms with E-state index in [9.17, 15) is 19.7 Å². The highest BCUT2D eigenvalue weighted by molar-refractivity contribution is 5.86. The van der Waals surface area contributed by atoms with Crippen molar-refractivity contribution in [1.82, 2.24) is 0 Å². The number of aryl methyl sites for hydroxylation is 1. The molecule has 0 aliphatic carbocycles. The number of halogens is 1. The van der Waals surface area contributed by atoms with Crippen LogP contribution in [0.2, 0.25) is 0 Å². The number of benzene rings is 1. The molecule has 1 aromatic carbocycles. The molecule has 0 amide bonds. The van der Waals surface area contributed by atoms with Crippen LogP contribution >= 0.6 is 12.4 Å². The number of carbonyl (C=O) groups is 2. The zero-order chi connectivity index (χ0) is 15.1. The molecule has 0 heterocycles. The first-order chi connectivity index (χ1) is 9.47. The first kappa shape index (κ1) is 18.9. The standard InChI is InChI=1S/C13H15NO6.ClH/c1-9-5-6-11(14(18)19)10(8-15)13(9)20-7-3-2-4-12(16)17;/h5-6,8H,2-4,7H2,1H3,(H,16,17);1H. The summed E-state index contributed by atoms with van der Waals surface area (Å²) in [6.07, 6.45) is 1.38. The molecule has 0 spiro atoms. The summed E-state index contributed by atoms with van der Waals surface area (Å²) in [5, 5.41) is 19.3. The van der Waals surface area contributed by atoms with E-state index in [2.05, 4.69) is 0 Å². The summed E-state index contributed by atoms with van der Waals surface area (Å²) < 4.78 is 5.40. The zero-order valence-electron chi connectivity index (χ0n) is 11.4. The second kappa shape index (κ2) is 8.91. The fourth-order valence-electron chi connectivity index (χ4n) is 1.72. The Morgan fingerprint density at radius 2 is 2.10 bits per heavy atom. The fourth-order valence-corrected chi connectivity index (χ4v) is 1.72. The maximum atomic E-state index is 11.0. The Labute approximate surface area is 127 Å². The molecule has 0 unspecified atom stereocenters. The topological polar surface area (TPSA) is 107 Å². The first-order valence-corrected chi connectivity index (χ1v) is 6.05.